The van der Waals surface area contributed by atoms with Crippen molar-refractivity contribution in [3.63, 3.8) is 0 Å². The van der Waals surface area contributed by atoms with Gasteiger partial charge in [0.1, 0.15) is 0 Å². The number of imidazole rings is 1. The molecule has 0 saturated carbocycles. The highest BCUT2D eigenvalue weighted by Crippen LogP contribution is 2.21. The zero-order chi connectivity index (χ0) is 9.97. The zero-order valence-electron chi connectivity index (χ0n) is 8.11. The summed E-state index contributed by atoms with van der Waals surface area (Å²) in [6, 6.07) is 2.01. The Labute approximate surface area is 82.0 Å². The van der Waals surface area contributed by atoms with E-state index >= 15 is 0 Å². The standard InChI is InChI=1S/C10H11N3O/c1-7-3-8(4-12-10(7)14-2)9-5-11-6-13-9/h3-6H,1-2H3,(H,11,13). The van der Waals surface area contributed by atoms with Crippen LogP contribution < -0.4 is 4.74 Å². The highest BCUT2D eigenvalue weighted by molar-refractivity contribution is 5.58. The SMILES string of the molecule is COc1ncc(-c2cnc[nH]2)cc1C. The third-order valence-corrected chi connectivity index (χ3v) is 2.03. The molecule has 2 rings (SSSR count). The summed E-state index contributed by atoms with van der Waals surface area (Å²) < 4.78 is 5.08. The zero-order valence-corrected chi connectivity index (χ0v) is 8.11. The first-order chi connectivity index (χ1) is 6.81. The van der Waals surface area contributed by atoms with E-state index in [1.807, 2.05) is 13.0 Å². The predicted octanol–water partition coefficient (Wildman–Crippen LogP) is 1.79. The molecule has 14 heavy (non-hydrogen) atoms. The summed E-state index contributed by atoms with van der Waals surface area (Å²) in [4.78, 5) is 11.2. The van der Waals surface area contributed by atoms with Crippen LogP contribution in [0.1, 0.15) is 5.56 Å². The van der Waals surface area contributed by atoms with Gasteiger partial charge < -0.3 is 9.72 Å². The highest BCUT2D eigenvalue weighted by atomic mass is 16.5. The lowest BCUT2D eigenvalue weighted by Crippen LogP contribution is -1.91. The van der Waals surface area contributed by atoms with Gasteiger partial charge in [-0.2, -0.15) is 0 Å². The fourth-order valence-electron chi connectivity index (χ4n) is 1.34. The van der Waals surface area contributed by atoms with Gasteiger partial charge >= 0.3 is 0 Å². The third-order valence-electron chi connectivity index (χ3n) is 2.03. The van der Waals surface area contributed by atoms with E-state index in [1.165, 1.54) is 0 Å². The van der Waals surface area contributed by atoms with Gasteiger partial charge in [-0.1, -0.05) is 0 Å². The normalized spacial score (nSPS) is 10.1. The maximum atomic E-state index is 5.08. The largest absolute Gasteiger partial charge is 0.481 e. The second-order valence-corrected chi connectivity index (χ2v) is 3.02. The minimum Gasteiger partial charge on any atom is -0.481 e. The highest BCUT2D eigenvalue weighted by Gasteiger charge is 2.03. The Morgan fingerprint density at radius 3 is 2.79 bits per heavy atom. The maximum absolute atomic E-state index is 5.08. The van der Waals surface area contributed by atoms with Crippen LogP contribution in [0.25, 0.3) is 11.3 Å². The number of ether oxygens (including phenoxy) is 1. The van der Waals surface area contributed by atoms with Crippen molar-refractivity contribution >= 4 is 0 Å². The molecule has 0 fully saturated rings. The molecule has 2 aromatic rings. The van der Waals surface area contributed by atoms with Crippen LogP contribution in [-0.2, 0) is 0 Å². The van der Waals surface area contributed by atoms with E-state index < -0.39 is 0 Å². The molecule has 0 aliphatic heterocycles. The molecular weight excluding hydrogens is 178 g/mol. The molecule has 4 heteroatoms. The summed E-state index contributed by atoms with van der Waals surface area (Å²) in [6.07, 6.45) is 5.18. The minimum absolute atomic E-state index is 0.660. The second kappa shape index (κ2) is 3.49. The molecule has 0 amide bonds. The summed E-state index contributed by atoms with van der Waals surface area (Å²) in [5.74, 6) is 0.660. The van der Waals surface area contributed by atoms with Crippen LogP contribution in [-0.4, -0.2) is 22.1 Å². The molecule has 1 N–H and O–H groups in total. The molecule has 0 saturated heterocycles. The molecule has 0 bridgehead atoms. The molecular formula is C10H11N3O. The van der Waals surface area contributed by atoms with Crippen LogP contribution in [0.5, 0.6) is 5.88 Å². The molecule has 0 radical (unpaired) electrons. The Morgan fingerprint density at radius 2 is 2.21 bits per heavy atom. The van der Waals surface area contributed by atoms with Crippen molar-refractivity contribution in [1.29, 1.82) is 0 Å². The number of aromatic amines is 1. The number of aryl methyl sites for hydroxylation is 1. The van der Waals surface area contributed by atoms with E-state index in [2.05, 4.69) is 15.0 Å². The molecule has 72 valence electrons. The van der Waals surface area contributed by atoms with Gasteiger partial charge in [0.05, 0.1) is 25.3 Å². The van der Waals surface area contributed by atoms with E-state index in [0.717, 1.165) is 16.8 Å². The molecule has 0 spiro atoms. The monoisotopic (exact) mass is 189 g/mol. The summed E-state index contributed by atoms with van der Waals surface area (Å²) in [7, 11) is 1.62. The Hall–Kier alpha value is -1.84. The number of aromatic nitrogens is 3. The number of rotatable bonds is 2. The number of pyridine rings is 1. The van der Waals surface area contributed by atoms with Crippen LogP contribution in [0.4, 0.5) is 0 Å². The number of hydrogen-bond donors (Lipinski definition) is 1. The average molecular weight is 189 g/mol. The van der Waals surface area contributed by atoms with E-state index in [9.17, 15) is 0 Å². The predicted molar refractivity (Wildman–Crippen MR) is 53.1 cm³/mol. The lowest BCUT2D eigenvalue weighted by atomic mass is 10.2. The smallest absolute Gasteiger partial charge is 0.215 e. The van der Waals surface area contributed by atoms with Gasteiger partial charge in [0.2, 0.25) is 5.88 Å². The van der Waals surface area contributed by atoms with Crippen molar-refractivity contribution in [3.05, 3.63) is 30.4 Å². The fourth-order valence-corrected chi connectivity index (χ4v) is 1.34. The number of nitrogens with one attached hydrogen (secondary N) is 1. The van der Waals surface area contributed by atoms with Crippen LogP contribution in [0.15, 0.2) is 24.8 Å². The maximum Gasteiger partial charge on any atom is 0.215 e. The lowest BCUT2D eigenvalue weighted by molar-refractivity contribution is 0.394. The Bertz CT molecular complexity index is 423. The van der Waals surface area contributed by atoms with E-state index in [4.69, 9.17) is 4.74 Å². The Morgan fingerprint density at radius 1 is 1.36 bits per heavy atom. The van der Waals surface area contributed by atoms with E-state index in [-0.39, 0.29) is 0 Å². The van der Waals surface area contributed by atoms with Crippen molar-refractivity contribution in [2.75, 3.05) is 7.11 Å². The first-order valence-electron chi connectivity index (χ1n) is 4.30. The Balaban J connectivity index is 2.43. The topological polar surface area (TPSA) is 50.8 Å². The van der Waals surface area contributed by atoms with Gasteiger partial charge in [-0.15, -0.1) is 0 Å². The van der Waals surface area contributed by atoms with Crippen LogP contribution in [0, 0.1) is 6.92 Å². The van der Waals surface area contributed by atoms with E-state index in [1.54, 1.807) is 25.8 Å². The lowest BCUT2D eigenvalue weighted by Gasteiger charge is -2.04. The third kappa shape index (κ3) is 1.46. The number of methoxy groups -OCH3 is 1. The minimum atomic E-state index is 0.660. The van der Waals surface area contributed by atoms with Crippen LogP contribution in [0.3, 0.4) is 0 Å². The van der Waals surface area contributed by atoms with Crippen molar-refractivity contribution in [3.8, 4) is 17.1 Å². The average Bonchev–Trinajstić information content (AvgIpc) is 2.70. The first-order valence-corrected chi connectivity index (χ1v) is 4.30. The first kappa shape index (κ1) is 8.74. The number of nitrogens with zero attached hydrogens (tertiary/aromatic N) is 2. The fraction of sp³-hybridized carbons (Fsp3) is 0.200. The molecule has 2 aromatic heterocycles. The van der Waals surface area contributed by atoms with Gasteiger partial charge in [0, 0.05) is 17.3 Å². The van der Waals surface area contributed by atoms with Gasteiger partial charge in [-0.25, -0.2) is 9.97 Å². The van der Waals surface area contributed by atoms with Gasteiger partial charge in [-0.3, -0.25) is 0 Å². The number of hydrogen-bond acceptors (Lipinski definition) is 3. The number of H-pyrrole nitrogens is 1. The van der Waals surface area contributed by atoms with Crippen LogP contribution in [0.2, 0.25) is 0 Å². The van der Waals surface area contributed by atoms with Gasteiger partial charge in [0.25, 0.3) is 0 Å². The van der Waals surface area contributed by atoms with Crippen molar-refractivity contribution < 1.29 is 4.74 Å². The Kier molecular flexibility index (Phi) is 2.18. The van der Waals surface area contributed by atoms with Gasteiger partial charge in [0.15, 0.2) is 0 Å². The van der Waals surface area contributed by atoms with E-state index in [0.29, 0.717) is 5.88 Å². The molecule has 0 aliphatic carbocycles. The summed E-state index contributed by atoms with van der Waals surface area (Å²) in [6.45, 7) is 1.96. The molecule has 0 unspecified atom stereocenters. The summed E-state index contributed by atoms with van der Waals surface area (Å²) in [5.41, 5.74) is 2.99. The second-order valence-electron chi connectivity index (χ2n) is 3.02. The van der Waals surface area contributed by atoms with Crippen molar-refractivity contribution in [2.24, 2.45) is 0 Å². The summed E-state index contributed by atoms with van der Waals surface area (Å²) >= 11 is 0. The molecule has 4 nitrogen and oxygen atoms in total. The van der Waals surface area contributed by atoms with Crippen molar-refractivity contribution in [1.82, 2.24) is 15.0 Å². The molecule has 2 heterocycles. The van der Waals surface area contributed by atoms with Gasteiger partial charge in [-0.05, 0) is 13.0 Å². The van der Waals surface area contributed by atoms with Crippen LogP contribution >= 0.6 is 0 Å². The molecule has 0 aliphatic rings. The van der Waals surface area contributed by atoms with Crippen molar-refractivity contribution in [2.45, 2.75) is 6.92 Å². The molecule has 0 aromatic carbocycles. The molecule has 0 atom stereocenters. The summed E-state index contributed by atoms with van der Waals surface area (Å²) in [5, 5.41) is 0. The quantitative estimate of drug-likeness (QED) is 0.783.